The van der Waals surface area contributed by atoms with Crippen LogP contribution in [0.4, 0.5) is 4.39 Å². The molecule has 19 heavy (non-hydrogen) atoms. The molecule has 0 aliphatic carbocycles. The van der Waals surface area contributed by atoms with E-state index in [2.05, 4.69) is 4.72 Å². The highest BCUT2D eigenvalue weighted by atomic mass is 32.2. The molecule has 5 nitrogen and oxygen atoms in total. The predicted octanol–water partition coefficient (Wildman–Crippen LogP) is 1.60. The van der Waals surface area contributed by atoms with Crippen molar-refractivity contribution < 1.29 is 22.7 Å². The van der Waals surface area contributed by atoms with Gasteiger partial charge < -0.3 is 5.11 Å². The van der Waals surface area contributed by atoms with E-state index < -0.39 is 27.9 Å². The number of halogens is 1. The molecule has 0 amide bonds. The summed E-state index contributed by atoms with van der Waals surface area (Å²) < 4.78 is 38.7. The minimum absolute atomic E-state index is 0.0250. The minimum Gasteiger partial charge on any atom is -0.480 e. The lowest BCUT2D eigenvalue weighted by Crippen LogP contribution is -2.41. The van der Waals surface area contributed by atoms with E-state index in [0.29, 0.717) is 0 Å². The number of hydrogen-bond acceptors (Lipinski definition) is 3. The maximum absolute atomic E-state index is 12.7. The summed E-state index contributed by atoms with van der Waals surface area (Å²) in [6, 6.07) is 2.99. The molecule has 0 bridgehead atoms. The highest BCUT2D eigenvalue weighted by Gasteiger charge is 2.25. The summed E-state index contributed by atoms with van der Waals surface area (Å²) in [5, 5.41) is 8.99. The second kappa shape index (κ2) is 6.12. The Morgan fingerprint density at radius 1 is 1.32 bits per heavy atom. The van der Waals surface area contributed by atoms with Crippen LogP contribution in [0.2, 0.25) is 0 Å². The predicted molar refractivity (Wildman–Crippen MR) is 67.6 cm³/mol. The fraction of sp³-hybridized carbons (Fsp3) is 0.417. The first kappa shape index (κ1) is 15.6. The van der Waals surface area contributed by atoms with Crippen LogP contribution in [0.5, 0.6) is 0 Å². The Morgan fingerprint density at radius 3 is 2.26 bits per heavy atom. The highest BCUT2D eigenvalue weighted by molar-refractivity contribution is 7.89. The van der Waals surface area contributed by atoms with Gasteiger partial charge in [-0.1, -0.05) is 13.8 Å². The Hall–Kier alpha value is -1.47. The smallest absolute Gasteiger partial charge is 0.321 e. The molecule has 2 N–H and O–H groups in total. The van der Waals surface area contributed by atoms with Crippen LogP contribution in [-0.4, -0.2) is 25.5 Å². The van der Waals surface area contributed by atoms with Gasteiger partial charge in [0.15, 0.2) is 0 Å². The maximum Gasteiger partial charge on any atom is 0.321 e. The third-order valence-corrected chi connectivity index (χ3v) is 3.91. The average Bonchev–Trinajstić information content (AvgIpc) is 2.27. The molecule has 0 radical (unpaired) electrons. The van der Waals surface area contributed by atoms with E-state index in [1.54, 1.807) is 13.8 Å². The standard InChI is InChI=1S/C12H16FNO4S/c1-8(2)7-11(12(15)16)14-19(17,18)10-5-3-9(13)4-6-10/h3-6,8,11,14H,7H2,1-2H3,(H,15,16)/t11-/m1/s1. The number of rotatable bonds is 6. The van der Waals surface area contributed by atoms with Crippen molar-refractivity contribution in [2.24, 2.45) is 5.92 Å². The van der Waals surface area contributed by atoms with Crippen LogP contribution in [-0.2, 0) is 14.8 Å². The van der Waals surface area contributed by atoms with Crippen molar-refractivity contribution >= 4 is 16.0 Å². The van der Waals surface area contributed by atoms with Crippen LogP contribution in [0.15, 0.2) is 29.2 Å². The number of sulfonamides is 1. The minimum atomic E-state index is -3.96. The number of carboxylic acids is 1. The van der Waals surface area contributed by atoms with Gasteiger partial charge in [0.25, 0.3) is 0 Å². The molecule has 1 aromatic carbocycles. The van der Waals surface area contributed by atoms with Gasteiger partial charge in [-0.25, -0.2) is 12.8 Å². The van der Waals surface area contributed by atoms with Gasteiger partial charge in [0.2, 0.25) is 10.0 Å². The quantitative estimate of drug-likeness (QED) is 0.833. The van der Waals surface area contributed by atoms with Gasteiger partial charge in [-0.3, -0.25) is 4.79 Å². The van der Waals surface area contributed by atoms with E-state index in [9.17, 15) is 17.6 Å². The first-order valence-corrected chi connectivity index (χ1v) is 7.21. The van der Waals surface area contributed by atoms with Crippen molar-refractivity contribution in [1.82, 2.24) is 4.72 Å². The van der Waals surface area contributed by atoms with Gasteiger partial charge in [0.05, 0.1) is 4.90 Å². The number of benzene rings is 1. The molecule has 0 spiro atoms. The summed E-state index contributed by atoms with van der Waals surface area (Å²) in [6.45, 7) is 3.59. The van der Waals surface area contributed by atoms with Gasteiger partial charge in [0.1, 0.15) is 11.9 Å². The summed E-state index contributed by atoms with van der Waals surface area (Å²) in [5.41, 5.74) is 0. The molecule has 7 heteroatoms. The van der Waals surface area contributed by atoms with Crippen LogP contribution in [0.1, 0.15) is 20.3 Å². The largest absolute Gasteiger partial charge is 0.480 e. The first-order chi connectivity index (χ1) is 8.72. The molecule has 1 atom stereocenters. The highest BCUT2D eigenvalue weighted by Crippen LogP contribution is 2.13. The zero-order chi connectivity index (χ0) is 14.6. The molecule has 0 fully saturated rings. The Balaban J connectivity index is 2.94. The summed E-state index contributed by atoms with van der Waals surface area (Å²) in [6.07, 6.45) is 0.176. The molecule has 0 unspecified atom stereocenters. The average molecular weight is 289 g/mol. The third kappa shape index (κ3) is 4.60. The molecule has 0 heterocycles. The molecule has 0 aliphatic rings. The Kier molecular flexibility index (Phi) is 5.02. The van der Waals surface area contributed by atoms with E-state index in [1.165, 1.54) is 0 Å². The second-order valence-electron chi connectivity index (χ2n) is 4.60. The van der Waals surface area contributed by atoms with Crippen LogP contribution < -0.4 is 4.72 Å². The number of hydrogen-bond donors (Lipinski definition) is 2. The Bertz CT molecular complexity index is 539. The fourth-order valence-electron chi connectivity index (χ4n) is 1.54. The van der Waals surface area contributed by atoms with Crippen molar-refractivity contribution in [1.29, 1.82) is 0 Å². The van der Waals surface area contributed by atoms with Crippen molar-refractivity contribution in [3.63, 3.8) is 0 Å². The normalized spacial score (nSPS) is 13.5. The lowest BCUT2D eigenvalue weighted by molar-refractivity contribution is -0.139. The number of carbonyl (C=O) groups is 1. The first-order valence-electron chi connectivity index (χ1n) is 5.73. The van der Waals surface area contributed by atoms with Crippen LogP contribution in [0.3, 0.4) is 0 Å². The summed E-state index contributed by atoms with van der Waals surface area (Å²) >= 11 is 0. The lowest BCUT2D eigenvalue weighted by Gasteiger charge is -2.16. The van der Waals surface area contributed by atoms with Crippen LogP contribution >= 0.6 is 0 Å². The van der Waals surface area contributed by atoms with Gasteiger partial charge in [0, 0.05) is 0 Å². The number of aliphatic carboxylic acids is 1. The van der Waals surface area contributed by atoms with E-state index >= 15 is 0 Å². The zero-order valence-corrected chi connectivity index (χ0v) is 11.4. The Labute approximate surface area is 111 Å². The topological polar surface area (TPSA) is 83.5 Å². The molecule has 106 valence electrons. The summed E-state index contributed by atoms with van der Waals surface area (Å²) in [7, 11) is -3.96. The van der Waals surface area contributed by atoms with E-state index in [-0.39, 0.29) is 17.2 Å². The van der Waals surface area contributed by atoms with Crippen molar-refractivity contribution in [3.8, 4) is 0 Å². The van der Waals surface area contributed by atoms with Crippen molar-refractivity contribution in [3.05, 3.63) is 30.1 Å². The van der Waals surface area contributed by atoms with E-state index in [0.717, 1.165) is 24.3 Å². The molecule has 1 aromatic rings. The fourth-order valence-corrected chi connectivity index (χ4v) is 2.74. The molecule has 0 saturated carbocycles. The van der Waals surface area contributed by atoms with Crippen molar-refractivity contribution in [2.75, 3.05) is 0 Å². The molecule has 1 rings (SSSR count). The van der Waals surface area contributed by atoms with Gasteiger partial charge in [-0.15, -0.1) is 0 Å². The summed E-state index contributed by atoms with van der Waals surface area (Å²) in [4.78, 5) is 10.8. The summed E-state index contributed by atoms with van der Waals surface area (Å²) in [5.74, 6) is -1.77. The number of nitrogens with one attached hydrogen (secondary N) is 1. The second-order valence-corrected chi connectivity index (χ2v) is 6.31. The zero-order valence-electron chi connectivity index (χ0n) is 10.6. The van der Waals surface area contributed by atoms with E-state index in [4.69, 9.17) is 5.11 Å². The van der Waals surface area contributed by atoms with Crippen molar-refractivity contribution in [2.45, 2.75) is 31.2 Å². The molecule has 0 saturated heterocycles. The molecular weight excluding hydrogens is 273 g/mol. The van der Waals surface area contributed by atoms with Crippen LogP contribution in [0.25, 0.3) is 0 Å². The monoisotopic (exact) mass is 289 g/mol. The molecular formula is C12H16FNO4S. The Morgan fingerprint density at radius 2 is 1.84 bits per heavy atom. The third-order valence-electron chi connectivity index (χ3n) is 2.43. The molecule has 0 aromatic heterocycles. The van der Waals surface area contributed by atoms with Gasteiger partial charge in [-0.05, 0) is 36.6 Å². The van der Waals surface area contributed by atoms with Gasteiger partial charge >= 0.3 is 5.97 Å². The molecule has 0 aliphatic heterocycles. The van der Waals surface area contributed by atoms with Crippen LogP contribution in [0, 0.1) is 11.7 Å². The maximum atomic E-state index is 12.7. The SMILES string of the molecule is CC(C)C[C@@H](NS(=O)(=O)c1ccc(F)cc1)C(=O)O. The lowest BCUT2D eigenvalue weighted by atomic mass is 10.1. The number of carboxylic acid groups (broad SMARTS) is 1. The van der Waals surface area contributed by atoms with E-state index in [1.807, 2.05) is 0 Å². The van der Waals surface area contributed by atoms with Gasteiger partial charge in [-0.2, -0.15) is 4.72 Å².